The van der Waals surface area contributed by atoms with Crippen molar-refractivity contribution in [1.82, 2.24) is 0 Å². The molecule has 4 aliphatic rings. The van der Waals surface area contributed by atoms with Gasteiger partial charge in [-0.2, -0.15) is 0 Å². The van der Waals surface area contributed by atoms with Crippen LogP contribution in [-0.2, 0) is 14.3 Å². The number of carbonyl (C=O) groups is 2. The molecule has 1 spiro atoms. The quantitative estimate of drug-likeness (QED) is 0.760. The SMILES string of the molecule is CC(=O)OC[C@@]1(C)CCC[C@]2(C)[C@@H]1C[C@H](O)[C@@]13C[C@@H](CC[C@@H]21)[C@H](C)C3=O. The molecule has 0 heterocycles. The summed E-state index contributed by atoms with van der Waals surface area (Å²) in [5, 5.41) is 11.3. The fraction of sp³-hybridized carbons (Fsp3) is 0.909. The molecule has 4 nitrogen and oxygen atoms in total. The van der Waals surface area contributed by atoms with Crippen LogP contribution in [0.4, 0.5) is 0 Å². The van der Waals surface area contributed by atoms with Crippen LogP contribution in [0.2, 0.25) is 0 Å². The number of ketones is 1. The second-order valence-electron chi connectivity index (χ2n) is 10.4. The minimum Gasteiger partial charge on any atom is -0.465 e. The molecule has 8 atom stereocenters. The molecule has 4 saturated carbocycles. The highest BCUT2D eigenvalue weighted by molar-refractivity contribution is 5.91. The molecule has 4 rings (SSSR count). The molecule has 4 aliphatic carbocycles. The Morgan fingerprint density at radius 2 is 1.96 bits per heavy atom. The van der Waals surface area contributed by atoms with Crippen LogP contribution in [0, 0.1) is 39.9 Å². The van der Waals surface area contributed by atoms with E-state index < -0.39 is 11.5 Å². The minimum absolute atomic E-state index is 0.0526. The van der Waals surface area contributed by atoms with Gasteiger partial charge in [0.2, 0.25) is 0 Å². The number of hydrogen-bond acceptors (Lipinski definition) is 4. The van der Waals surface area contributed by atoms with Crippen molar-refractivity contribution in [3.05, 3.63) is 0 Å². The van der Waals surface area contributed by atoms with Crippen LogP contribution in [0.5, 0.6) is 0 Å². The van der Waals surface area contributed by atoms with E-state index in [1.807, 2.05) is 0 Å². The fourth-order valence-corrected chi connectivity index (χ4v) is 7.97. The van der Waals surface area contributed by atoms with Crippen molar-refractivity contribution >= 4 is 11.8 Å². The van der Waals surface area contributed by atoms with E-state index in [-0.39, 0.29) is 28.6 Å². The third kappa shape index (κ3) is 2.23. The average Bonchev–Trinajstić information content (AvgIpc) is 2.77. The molecule has 4 fully saturated rings. The van der Waals surface area contributed by atoms with Crippen molar-refractivity contribution in [3.8, 4) is 0 Å². The number of fused-ring (bicyclic) bond motifs is 3. The van der Waals surface area contributed by atoms with Crippen molar-refractivity contribution in [3.63, 3.8) is 0 Å². The van der Waals surface area contributed by atoms with Crippen LogP contribution in [0.15, 0.2) is 0 Å². The monoisotopic (exact) mass is 362 g/mol. The summed E-state index contributed by atoms with van der Waals surface area (Å²) in [4.78, 5) is 24.7. The third-order valence-electron chi connectivity index (χ3n) is 9.18. The first-order chi connectivity index (χ1) is 12.1. The second-order valence-corrected chi connectivity index (χ2v) is 10.4. The maximum atomic E-state index is 13.3. The van der Waals surface area contributed by atoms with Gasteiger partial charge in [0.05, 0.1) is 18.1 Å². The summed E-state index contributed by atoms with van der Waals surface area (Å²) < 4.78 is 5.46. The van der Waals surface area contributed by atoms with E-state index in [2.05, 4.69) is 20.8 Å². The van der Waals surface area contributed by atoms with E-state index in [1.165, 1.54) is 6.92 Å². The van der Waals surface area contributed by atoms with Gasteiger partial charge in [0.1, 0.15) is 5.78 Å². The van der Waals surface area contributed by atoms with E-state index in [0.717, 1.165) is 38.5 Å². The molecule has 0 amide bonds. The smallest absolute Gasteiger partial charge is 0.302 e. The van der Waals surface area contributed by atoms with Crippen molar-refractivity contribution in [2.75, 3.05) is 6.61 Å². The largest absolute Gasteiger partial charge is 0.465 e. The number of rotatable bonds is 2. The van der Waals surface area contributed by atoms with Crippen molar-refractivity contribution in [2.45, 2.75) is 78.7 Å². The molecule has 0 aliphatic heterocycles. The summed E-state index contributed by atoms with van der Waals surface area (Å²) >= 11 is 0. The zero-order valence-electron chi connectivity index (χ0n) is 16.7. The topological polar surface area (TPSA) is 63.6 Å². The standard InChI is InChI=1S/C22H34O4/c1-13-15-6-7-16-21(4)9-5-8-20(3,12-26-14(2)23)17(21)10-18(24)22(16,11-15)19(13)25/h13,15-18,24H,5-12H2,1-4H3/t13-,15+,16-,17+,18-,20+,21-,22+/m0/s1. The van der Waals surface area contributed by atoms with Gasteiger partial charge in [0.15, 0.2) is 0 Å². The van der Waals surface area contributed by atoms with Crippen LogP contribution in [0.1, 0.15) is 72.6 Å². The van der Waals surface area contributed by atoms with Crippen molar-refractivity contribution in [2.24, 2.45) is 39.9 Å². The molecule has 0 aromatic rings. The highest BCUT2D eigenvalue weighted by atomic mass is 16.5. The number of hydrogen-bond donors (Lipinski definition) is 1. The summed E-state index contributed by atoms with van der Waals surface area (Å²) in [5.74, 6) is 1.25. The summed E-state index contributed by atoms with van der Waals surface area (Å²) in [6.07, 6.45) is 6.47. The predicted molar refractivity (Wildman–Crippen MR) is 98.2 cm³/mol. The number of Topliss-reactive ketones (excluding diaryl/α,β-unsaturated/α-hetero) is 1. The lowest BCUT2D eigenvalue weighted by atomic mass is 9.40. The Hall–Kier alpha value is -0.900. The van der Waals surface area contributed by atoms with Crippen LogP contribution in [0.25, 0.3) is 0 Å². The van der Waals surface area contributed by atoms with Gasteiger partial charge in [-0.25, -0.2) is 0 Å². The lowest BCUT2D eigenvalue weighted by Gasteiger charge is -2.64. The molecule has 0 unspecified atom stereocenters. The van der Waals surface area contributed by atoms with Crippen LogP contribution >= 0.6 is 0 Å². The Kier molecular flexibility index (Phi) is 4.12. The first-order valence-electron chi connectivity index (χ1n) is 10.5. The summed E-state index contributed by atoms with van der Waals surface area (Å²) in [6.45, 7) is 8.58. The Morgan fingerprint density at radius 3 is 2.65 bits per heavy atom. The predicted octanol–water partition coefficient (Wildman–Crippen LogP) is 3.75. The third-order valence-corrected chi connectivity index (χ3v) is 9.18. The van der Waals surface area contributed by atoms with E-state index in [1.54, 1.807) is 0 Å². The highest BCUT2D eigenvalue weighted by Crippen LogP contribution is 2.71. The van der Waals surface area contributed by atoms with Crippen molar-refractivity contribution < 1.29 is 19.4 Å². The second kappa shape index (κ2) is 5.80. The zero-order chi connectivity index (χ0) is 18.9. The van der Waals surface area contributed by atoms with E-state index in [4.69, 9.17) is 4.74 Å². The van der Waals surface area contributed by atoms with Gasteiger partial charge in [-0.1, -0.05) is 27.2 Å². The van der Waals surface area contributed by atoms with Gasteiger partial charge < -0.3 is 9.84 Å². The Morgan fingerprint density at radius 1 is 1.23 bits per heavy atom. The minimum atomic E-state index is -0.541. The van der Waals surface area contributed by atoms with E-state index in [0.29, 0.717) is 30.6 Å². The Balaban J connectivity index is 1.72. The molecular weight excluding hydrogens is 328 g/mol. The number of aliphatic hydroxyl groups is 1. The first kappa shape index (κ1) is 18.5. The molecule has 0 aromatic heterocycles. The summed E-state index contributed by atoms with van der Waals surface area (Å²) in [5.41, 5.74) is -0.560. The fourth-order valence-electron chi connectivity index (χ4n) is 7.97. The lowest BCUT2D eigenvalue weighted by molar-refractivity contribution is -0.207. The normalized spacial score (nSPS) is 53.0. The van der Waals surface area contributed by atoms with Gasteiger partial charge in [0.25, 0.3) is 0 Å². The highest BCUT2D eigenvalue weighted by Gasteiger charge is 2.70. The van der Waals surface area contributed by atoms with Gasteiger partial charge in [-0.3, -0.25) is 9.59 Å². The van der Waals surface area contributed by atoms with Crippen LogP contribution in [-0.4, -0.2) is 29.6 Å². The lowest BCUT2D eigenvalue weighted by Crippen LogP contribution is -2.64. The first-order valence-corrected chi connectivity index (χ1v) is 10.5. The van der Waals surface area contributed by atoms with Gasteiger partial charge >= 0.3 is 5.97 Å². The molecule has 1 N–H and O–H groups in total. The maximum absolute atomic E-state index is 13.3. The molecule has 146 valence electrons. The number of carbonyl (C=O) groups excluding carboxylic acids is 2. The van der Waals surface area contributed by atoms with E-state index >= 15 is 0 Å². The molecule has 2 bridgehead atoms. The average molecular weight is 363 g/mol. The number of aliphatic hydroxyl groups excluding tert-OH is 1. The van der Waals surface area contributed by atoms with Gasteiger partial charge in [-0.05, 0) is 61.7 Å². The molecular formula is C22H34O4. The van der Waals surface area contributed by atoms with E-state index in [9.17, 15) is 14.7 Å². The molecule has 4 heteroatoms. The van der Waals surface area contributed by atoms with Crippen molar-refractivity contribution in [1.29, 1.82) is 0 Å². The number of ether oxygens (including phenoxy) is 1. The molecule has 0 saturated heterocycles. The summed E-state index contributed by atoms with van der Waals surface area (Å²) in [7, 11) is 0. The number of esters is 1. The van der Waals surface area contributed by atoms with Crippen LogP contribution in [0.3, 0.4) is 0 Å². The Bertz CT molecular complexity index is 630. The molecule has 0 radical (unpaired) electrons. The molecule has 0 aromatic carbocycles. The van der Waals surface area contributed by atoms with Gasteiger partial charge in [-0.15, -0.1) is 0 Å². The Labute approximate surface area is 157 Å². The summed E-state index contributed by atoms with van der Waals surface area (Å²) in [6, 6.07) is 0. The zero-order valence-corrected chi connectivity index (χ0v) is 16.7. The molecule has 26 heavy (non-hydrogen) atoms. The van der Waals surface area contributed by atoms with Crippen LogP contribution < -0.4 is 0 Å². The van der Waals surface area contributed by atoms with Gasteiger partial charge in [0, 0.05) is 18.3 Å². The maximum Gasteiger partial charge on any atom is 0.302 e.